The fourth-order valence-electron chi connectivity index (χ4n) is 3.15. The third-order valence-corrected chi connectivity index (χ3v) is 6.76. The molecule has 3 aromatic carbocycles. The molecule has 0 amide bonds. The van der Waals surface area contributed by atoms with Crippen LogP contribution in [0.25, 0.3) is 11.3 Å². The second kappa shape index (κ2) is 8.14. The molecule has 0 bridgehead atoms. The number of benzene rings is 3. The van der Waals surface area contributed by atoms with Crippen molar-refractivity contribution in [2.45, 2.75) is 9.79 Å². The molecule has 1 aromatic heterocycles. The van der Waals surface area contributed by atoms with E-state index in [1.165, 1.54) is 11.3 Å². The van der Waals surface area contributed by atoms with Crippen LogP contribution in [0, 0.1) is 0 Å². The molecule has 0 aliphatic carbocycles. The molecule has 4 aromatic rings. The van der Waals surface area contributed by atoms with Gasteiger partial charge < -0.3 is 10.1 Å². The average Bonchev–Trinajstić information content (AvgIpc) is 3.18. The highest BCUT2D eigenvalue weighted by Gasteiger charge is 2.19. The lowest BCUT2D eigenvalue weighted by molar-refractivity contribution is 0.415. The summed E-state index contributed by atoms with van der Waals surface area (Å²) in [4.78, 5) is 11.8. The number of aliphatic imine (C=N–C) groups is 1. The molecule has 7 heteroatoms. The Kier molecular flexibility index (Phi) is 5.21. The van der Waals surface area contributed by atoms with E-state index in [0.717, 1.165) is 43.9 Å². The van der Waals surface area contributed by atoms with Gasteiger partial charge in [-0.05, 0) is 48.5 Å². The lowest BCUT2D eigenvalue weighted by Gasteiger charge is -2.09. The molecule has 0 radical (unpaired) electrons. The van der Waals surface area contributed by atoms with Gasteiger partial charge in [0.15, 0.2) is 0 Å². The van der Waals surface area contributed by atoms with E-state index < -0.39 is 0 Å². The standard InChI is InChI=1S/C23H16ClN3OS2/c1-28-16-9-6-14(7-10-16)19-13-29-23(26-19)27-22-17-4-2-3-5-20(17)30-21-11-8-15(24)12-18(21)25-22/h2-13H,1H3,(H,25,26,27). The fraction of sp³-hybridized carbons (Fsp3) is 0.0435. The number of anilines is 1. The minimum absolute atomic E-state index is 0.684. The van der Waals surface area contributed by atoms with Gasteiger partial charge >= 0.3 is 0 Å². The Bertz CT molecular complexity index is 1250. The zero-order valence-corrected chi connectivity index (χ0v) is 18.3. The fourth-order valence-corrected chi connectivity index (χ4v) is 5.03. The molecule has 1 aliphatic heterocycles. The Labute approximate surface area is 187 Å². The van der Waals surface area contributed by atoms with E-state index in [0.29, 0.717) is 10.2 Å². The van der Waals surface area contributed by atoms with E-state index in [2.05, 4.69) is 17.4 Å². The summed E-state index contributed by atoms with van der Waals surface area (Å²) in [6.45, 7) is 0. The van der Waals surface area contributed by atoms with Crippen molar-refractivity contribution in [3.63, 3.8) is 0 Å². The number of nitrogens with zero attached hydrogens (tertiary/aromatic N) is 2. The molecular formula is C23H16ClN3OS2. The number of rotatable bonds is 3. The largest absolute Gasteiger partial charge is 0.497 e. The number of aromatic nitrogens is 1. The van der Waals surface area contributed by atoms with E-state index in [-0.39, 0.29) is 0 Å². The van der Waals surface area contributed by atoms with Crippen LogP contribution in [0.2, 0.25) is 5.02 Å². The molecule has 5 rings (SSSR count). The first-order valence-electron chi connectivity index (χ1n) is 9.22. The minimum Gasteiger partial charge on any atom is -0.497 e. The molecule has 148 valence electrons. The topological polar surface area (TPSA) is 46.5 Å². The Morgan fingerprint density at radius 3 is 2.67 bits per heavy atom. The van der Waals surface area contributed by atoms with Crippen molar-refractivity contribution < 1.29 is 4.74 Å². The Hall–Kier alpha value is -2.80. The molecule has 1 aliphatic rings. The van der Waals surface area contributed by atoms with E-state index in [4.69, 9.17) is 26.3 Å². The van der Waals surface area contributed by atoms with Crippen LogP contribution in [0.3, 0.4) is 0 Å². The molecule has 0 saturated carbocycles. The van der Waals surface area contributed by atoms with Crippen molar-refractivity contribution in [3.8, 4) is 17.0 Å². The highest BCUT2D eigenvalue weighted by atomic mass is 35.5. The van der Waals surface area contributed by atoms with Gasteiger partial charge in [0, 0.05) is 31.3 Å². The predicted molar refractivity (Wildman–Crippen MR) is 126 cm³/mol. The molecule has 0 spiro atoms. The van der Waals surface area contributed by atoms with E-state index in [1.807, 2.05) is 60.0 Å². The summed E-state index contributed by atoms with van der Waals surface area (Å²) in [6.07, 6.45) is 0. The molecular weight excluding hydrogens is 434 g/mol. The third-order valence-electron chi connectivity index (χ3n) is 4.64. The maximum atomic E-state index is 6.23. The van der Waals surface area contributed by atoms with Crippen LogP contribution >= 0.6 is 34.7 Å². The van der Waals surface area contributed by atoms with Crippen molar-refractivity contribution in [3.05, 3.63) is 82.7 Å². The normalized spacial score (nSPS) is 13.9. The number of ether oxygens (including phenoxy) is 1. The molecule has 1 N–H and O–H groups in total. The van der Waals surface area contributed by atoms with Gasteiger partial charge in [0.25, 0.3) is 0 Å². The van der Waals surface area contributed by atoms with Gasteiger partial charge in [-0.3, -0.25) is 0 Å². The van der Waals surface area contributed by atoms with Crippen LogP contribution in [-0.2, 0) is 0 Å². The van der Waals surface area contributed by atoms with Gasteiger partial charge in [-0.15, -0.1) is 11.3 Å². The maximum absolute atomic E-state index is 6.23. The number of thiazole rings is 1. The van der Waals surface area contributed by atoms with Crippen LogP contribution < -0.4 is 10.1 Å². The van der Waals surface area contributed by atoms with Crippen molar-refractivity contribution in [1.82, 2.24) is 4.98 Å². The number of methoxy groups -OCH3 is 1. The molecule has 4 nitrogen and oxygen atoms in total. The number of nitrogens with one attached hydrogen (secondary N) is 1. The first-order chi connectivity index (χ1) is 14.7. The molecule has 0 unspecified atom stereocenters. The van der Waals surface area contributed by atoms with Crippen LogP contribution in [0.1, 0.15) is 5.56 Å². The zero-order chi connectivity index (χ0) is 20.5. The van der Waals surface area contributed by atoms with Crippen molar-refractivity contribution in [2.75, 3.05) is 12.4 Å². The average molecular weight is 450 g/mol. The van der Waals surface area contributed by atoms with Crippen LogP contribution in [0.5, 0.6) is 5.75 Å². The summed E-state index contributed by atoms with van der Waals surface area (Å²) in [5, 5.41) is 6.85. The van der Waals surface area contributed by atoms with Gasteiger partial charge in [0.1, 0.15) is 11.6 Å². The summed E-state index contributed by atoms with van der Waals surface area (Å²) in [7, 11) is 1.66. The zero-order valence-electron chi connectivity index (χ0n) is 15.9. The lowest BCUT2D eigenvalue weighted by Crippen LogP contribution is -2.13. The van der Waals surface area contributed by atoms with Gasteiger partial charge in [-0.1, -0.05) is 41.6 Å². The van der Waals surface area contributed by atoms with Crippen molar-refractivity contribution in [2.24, 2.45) is 4.99 Å². The number of amidine groups is 1. The van der Waals surface area contributed by atoms with Gasteiger partial charge in [-0.25, -0.2) is 9.98 Å². The first kappa shape index (κ1) is 19.2. The summed E-state index contributed by atoms with van der Waals surface area (Å²) < 4.78 is 5.23. The highest BCUT2D eigenvalue weighted by Crippen LogP contribution is 2.40. The molecule has 0 atom stereocenters. The highest BCUT2D eigenvalue weighted by molar-refractivity contribution is 7.99. The second-order valence-electron chi connectivity index (χ2n) is 6.57. The van der Waals surface area contributed by atoms with Crippen LogP contribution in [-0.4, -0.2) is 17.9 Å². The SMILES string of the molecule is COc1ccc(-c2csc(/N=C3\Nc4cc(Cl)ccc4Sc4ccccc43)n2)cc1. The van der Waals surface area contributed by atoms with Gasteiger partial charge in [-0.2, -0.15) is 0 Å². The number of fused-ring (bicyclic) bond motifs is 2. The van der Waals surface area contributed by atoms with E-state index in [1.54, 1.807) is 18.9 Å². The minimum atomic E-state index is 0.684. The van der Waals surface area contributed by atoms with Gasteiger partial charge in [0.05, 0.1) is 18.5 Å². The summed E-state index contributed by atoms with van der Waals surface area (Å²) in [5.41, 5.74) is 3.90. The van der Waals surface area contributed by atoms with Crippen molar-refractivity contribution in [1.29, 1.82) is 0 Å². The number of hydrogen-bond donors (Lipinski definition) is 1. The lowest BCUT2D eigenvalue weighted by atomic mass is 10.2. The second-order valence-corrected chi connectivity index (χ2v) is 8.92. The van der Waals surface area contributed by atoms with Gasteiger partial charge in [0.2, 0.25) is 5.13 Å². The predicted octanol–water partition coefficient (Wildman–Crippen LogP) is 7.13. The Morgan fingerprint density at radius 2 is 1.83 bits per heavy atom. The van der Waals surface area contributed by atoms with E-state index >= 15 is 0 Å². The summed E-state index contributed by atoms with van der Waals surface area (Å²) in [6, 6.07) is 21.9. The number of hydrogen-bond acceptors (Lipinski definition) is 5. The Balaban J connectivity index is 1.54. The smallest absolute Gasteiger partial charge is 0.211 e. The van der Waals surface area contributed by atoms with Crippen LogP contribution in [0.15, 0.2) is 86.9 Å². The quantitative estimate of drug-likeness (QED) is 0.361. The van der Waals surface area contributed by atoms with E-state index in [9.17, 15) is 0 Å². The molecule has 30 heavy (non-hydrogen) atoms. The van der Waals surface area contributed by atoms with Crippen LogP contribution in [0.4, 0.5) is 10.8 Å². The summed E-state index contributed by atoms with van der Waals surface area (Å²) >= 11 is 9.45. The van der Waals surface area contributed by atoms with Crippen molar-refractivity contribution >= 4 is 51.4 Å². The number of halogens is 1. The Morgan fingerprint density at radius 1 is 1.00 bits per heavy atom. The molecule has 0 saturated heterocycles. The monoisotopic (exact) mass is 449 g/mol. The molecule has 2 heterocycles. The molecule has 0 fully saturated rings. The third kappa shape index (κ3) is 3.81. The maximum Gasteiger partial charge on any atom is 0.211 e. The summed E-state index contributed by atoms with van der Waals surface area (Å²) in [5.74, 6) is 1.58. The first-order valence-corrected chi connectivity index (χ1v) is 11.3.